The minimum absolute atomic E-state index is 0.0234. The van der Waals surface area contributed by atoms with Crippen molar-refractivity contribution in [3.63, 3.8) is 0 Å². The molecule has 0 amide bonds. The fourth-order valence-electron chi connectivity index (χ4n) is 2.75. The molecular weight excluding hydrogens is 323 g/mol. The van der Waals surface area contributed by atoms with Crippen molar-refractivity contribution in [1.82, 2.24) is 5.32 Å². The van der Waals surface area contributed by atoms with Gasteiger partial charge < -0.3 is 5.32 Å². The molecule has 3 rings (SSSR count). The number of benzene rings is 3. The van der Waals surface area contributed by atoms with Crippen LogP contribution in [-0.4, -0.2) is 0 Å². The average molecular weight is 341 g/mol. The number of alkyl halides is 3. The molecule has 0 aliphatic carbocycles. The Labute approximate surface area is 145 Å². The zero-order valence-electron chi connectivity index (χ0n) is 13.5. The van der Waals surface area contributed by atoms with E-state index in [0.717, 1.165) is 28.8 Å². The van der Waals surface area contributed by atoms with E-state index >= 15 is 0 Å². The van der Waals surface area contributed by atoms with E-state index in [4.69, 9.17) is 0 Å². The number of hydrogen-bond donors (Lipinski definition) is 1. The molecule has 1 nitrogen and oxygen atoms in total. The Morgan fingerprint density at radius 1 is 0.680 bits per heavy atom. The van der Waals surface area contributed by atoms with Crippen molar-refractivity contribution in [2.24, 2.45) is 0 Å². The molecule has 128 valence electrons. The first-order valence-corrected chi connectivity index (χ1v) is 8.03. The predicted octanol–water partition coefficient (Wildman–Crippen LogP) is 5.58. The first kappa shape index (κ1) is 17.2. The standard InChI is InChI=1S/C21H18F3N/c22-21(23,24)19-13-11-16(12-14-19)15-25-20(17-7-3-1-4-8-17)18-9-5-2-6-10-18/h1-14,20,25H,15H2. The zero-order chi connectivity index (χ0) is 17.7. The molecule has 0 aliphatic heterocycles. The largest absolute Gasteiger partial charge is 0.416 e. The Balaban J connectivity index is 1.77. The van der Waals surface area contributed by atoms with Gasteiger partial charge in [0.05, 0.1) is 11.6 Å². The van der Waals surface area contributed by atoms with E-state index in [1.807, 2.05) is 60.7 Å². The third kappa shape index (κ3) is 4.48. The lowest BCUT2D eigenvalue weighted by atomic mass is 9.98. The van der Waals surface area contributed by atoms with Crippen molar-refractivity contribution in [2.45, 2.75) is 18.8 Å². The molecule has 25 heavy (non-hydrogen) atoms. The SMILES string of the molecule is FC(F)(F)c1ccc(CNC(c2ccccc2)c2ccccc2)cc1. The monoisotopic (exact) mass is 341 g/mol. The summed E-state index contributed by atoms with van der Waals surface area (Å²) in [5.41, 5.74) is 2.41. The van der Waals surface area contributed by atoms with Gasteiger partial charge in [0.25, 0.3) is 0 Å². The van der Waals surface area contributed by atoms with E-state index in [9.17, 15) is 13.2 Å². The normalized spacial score (nSPS) is 11.7. The van der Waals surface area contributed by atoms with E-state index in [-0.39, 0.29) is 6.04 Å². The molecule has 3 aromatic rings. The quantitative estimate of drug-likeness (QED) is 0.638. The molecule has 0 heterocycles. The van der Waals surface area contributed by atoms with Gasteiger partial charge in [-0.3, -0.25) is 0 Å². The van der Waals surface area contributed by atoms with Crippen molar-refractivity contribution in [2.75, 3.05) is 0 Å². The van der Waals surface area contributed by atoms with Crippen LogP contribution in [0.4, 0.5) is 13.2 Å². The molecule has 0 saturated carbocycles. The summed E-state index contributed by atoms with van der Waals surface area (Å²) in [4.78, 5) is 0. The fourth-order valence-corrected chi connectivity index (χ4v) is 2.75. The van der Waals surface area contributed by atoms with Crippen LogP contribution >= 0.6 is 0 Å². The molecule has 0 fully saturated rings. The summed E-state index contributed by atoms with van der Waals surface area (Å²) in [6.07, 6.45) is -4.30. The molecule has 0 atom stereocenters. The number of nitrogens with one attached hydrogen (secondary N) is 1. The lowest BCUT2D eigenvalue weighted by Crippen LogP contribution is -2.22. The Kier molecular flexibility index (Phi) is 5.19. The molecule has 0 radical (unpaired) electrons. The average Bonchev–Trinajstić information content (AvgIpc) is 2.63. The highest BCUT2D eigenvalue weighted by Crippen LogP contribution is 2.29. The van der Waals surface area contributed by atoms with E-state index in [1.165, 1.54) is 12.1 Å². The Morgan fingerprint density at radius 3 is 1.60 bits per heavy atom. The first-order chi connectivity index (χ1) is 12.0. The minimum Gasteiger partial charge on any atom is -0.302 e. The van der Waals surface area contributed by atoms with Gasteiger partial charge >= 0.3 is 6.18 Å². The Bertz CT molecular complexity index is 741. The number of hydrogen-bond acceptors (Lipinski definition) is 1. The molecule has 4 heteroatoms. The molecule has 0 aromatic heterocycles. The highest BCUT2D eigenvalue weighted by molar-refractivity contribution is 5.32. The van der Waals surface area contributed by atoms with Crippen molar-refractivity contribution in [3.8, 4) is 0 Å². The summed E-state index contributed by atoms with van der Waals surface area (Å²) in [6, 6.07) is 25.2. The van der Waals surface area contributed by atoms with Crippen LogP contribution in [0.3, 0.4) is 0 Å². The van der Waals surface area contributed by atoms with Crippen molar-refractivity contribution in [1.29, 1.82) is 0 Å². The third-order valence-corrected chi connectivity index (χ3v) is 4.06. The van der Waals surface area contributed by atoms with E-state index in [1.54, 1.807) is 0 Å². The summed E-state index contributed by atoms with van der Waals surface area (Å²) >= 11 is 0. The van der Waals surface area contributed by atoms with Crippen LogP contribution in [-0.2, 0) is 12.7 Å². The fraction of sp³-hybridized carbons (Fsp3) is 0.143. The van der Waals surface area contributed by atoms with Crippen molar-refractivity contribution < 1.29 is 13.2 Å². The minimum atomic E-state index is -4.30. The third-order valence-electron chi connectivity index (χ3n) is 4.06. The van der Waals surface area contributed by atoms with Crippen molar-refractivity contribution >= 4 is 0 Å². The maximum atomic E-state index is 12.7. The molecule has 0 saturated heterocycles. The van der Waals surface area contributed by atoms with Crippen LogP contribution < -0.4 is 5.32 Å². The summed E-state index contributed by atoms with van der Waals surface area (Å²) in [7, 11) is 0. The van der Waals surface area contributed by atoms with Crippen LogP contribution in [0.25, 0.3) is 0 Å². The molecule has 3 aromatic carbocycles. The highest BCUT2D eigenvalue weighted by Gasteiger charge is 2.29. The van der Waals surface area contributed by atoms with Gasteiger partial charge in [-0.05, 0) is 28.8 Å². The van der Waals surface area contributed by atoms with E-state index in [2.05, 4.69) is 5.32 Å². The van der Waals surface area contributed by atoms with Gasteiger partial charge in [0, 0.05) is 6.54 Å². The zero-order valence-corrected chi connectivity index (χ0v) is 13.5. The number of halogens is 3. The Morgan fingerprint density at radius 2 is 1.16 bits per heavy atom. The maximum absolute atomic E-state index is 12.7. The van der Waals surface area contributed by atoms with Gasteiger partial charge in [0.1, 0.15) is 0 Å². The number of rotatable bonds is 5. The smallest absolute Gasteiger partial charge is 0.302 e. The van der Waals surface area contributed by atoms with Crippen LogP contribution in [0.1, 0.15) is 28.3 Å². The van der Waals surface area contributed by atoms with Gasteiger partial charge in [-0.2, -0.15) is 13.2 Å². The van der Waals surface area contributed by atoms with Gasteiger partial charge in [-0.1, -0.05) is 72.8 Å². The molecule has 0 unspecified atom stereocenters. The predicted molar refractivity (Wildman–Crippen MR) is 93.0 cm³/mol. The lowest BCUT2D eigenvalue weighted by Gasteiger charge is -2.20. The van der Waals surface area contributed by atoms with Crippen molar-refractivity contribution in [3.05, 3.63) is 107 Å². The van der Waals surface area contributed by atoms with Crippen LogP contribution in [0.2, 0.25) is 0 Å². The van der Waals surface area contributed by atoms with E-state index in [0.29, 0.717) is 6.54 Å². The molecule has 1 N–H and O–H groups in total. The molecular formula is C21H18F3N. The second kappa shape index (κ2) is 7.53. The van der Waals surface area contributed by atoms with Gasteiger partial charge in [-0.15, -0.1) is 0 Å². The van der Waals surface area contributed by atoms with Crippen LogP contribution in [0.15, 0.2) is 84.9 Å². The van der Waals surface area contributed by atoms with E-state index < -0.39 is 11.7 Å². The second-order valence-electron chi connectivity index (χ2n) is 5.83. The topological polar surface area (TPSA) is 12.0 Å². The summed E-state index contributed by atoms with van der Waals surface area (Å²) < 4.78 is 38.0. The summed E-state index contributed by atoms with van der Waals surface area (Å²) in [5, 5.41) is 3.45. The second-order valence-corrected chi connectivity index (χ2v) is 5.83. The molecule has 0 bridgehead atoms. The molecule has 0 aliphatic rings. The van der Waals surface area contributed by atoms with Crippen LogP contribution in [0, 0.1) is 0 Å². The van der Waals surface area contributed by atoms with Gasteiger partial charge in [-0.25, -0.2) is 0 Å². The lowest BCUT2D eigenvalue weighted by molar-refractivity contribution is -0.137. The summed E-state index contributed by atoms with van der Waals surface area (Å²) in [6.45, 7) is 0.479. The maximum Gasteiger partial charge on any atom is 0.416 e. The van der Waals surface area contributed by atoms with Crippen LogP contribution in [0.5, 0.6) is 0 Å². The highest BCUT2D eigenvalue weighted by atomic mass is 19.4. The van der Waals surface area contributed by atoms with Gasteiger partial charge in [0.15, 0.2) is 0 Å². The van der Waals surface area contributed by atoms with Gasteiger partial charge in [0.2, 0.25) is 0 Å². The summed E-state index contributed by atoms with van der Waals surface area (Å²) in [5.74, 6) is 0. The Hall–Kier alpha value is -2.59. The molecule has 0 spiro atoms. The first-order valence-electron chi connectivity index (χ1n) is 8.03.